The monoisotopic (exact) mass is 337 g/mol. The standard InChI is InChI=1S/C12H8F5N3OS/c1-11(9(12(15,16)17)18-19-10(11)22)20(5-21)8-3-2-6(13)4-7(8)14/h2-5H,1H3,(H,19,22). The van der Waals surface area contributed by atoms with E-state index in [2.05, 4.69) is 5.10 Å². The Morgan fingerprint density at radius 1 is 1.36 bits per heavy atom. The maximum absolute atomic E-state index is 13.8. The van der Waals surface area contributed by atoms with E-state index in [-0.39, 0.29) is 6.41 Å². The molecule has 1 aromatic rings. The van der Waals surface area contributed by atoms with Crippen molar-refractivity contribution in [1.29, 1.82) is 0 Å². The number of rotatable bonds is 3. The van der Waals surface area contributed by atoms with Gasteiger partial charge in [0, 0.05) is 6.07 Å². The van der Waals surface area contributed by atoms with Gasteiger partial charge in [0.25, 0.3) is 0 Å². The Morgan fingerprint density at radius 2 is 2.00 bits per heavy atom. The molecule has 0 radical (unpaired) electrons. The van der Waals surface area contributed by atoms with E-state index in [1.807, 2.05) is 5.43 Å². The van der Waals surface area contributed by atoms with Crippen molar-refractivity contribution in [2.24, 2.45) is 5.10 Å². The number of carbonyl (C=O) groups is 1. The van der Waals surface area contributed by atoms with Gasteiger partial charge in [0.05, 0.1) is 5.69 Å². The second-order valence-electron chi connectivity index (χ2n) is 4.54. The number of anilines is 1. The number of carbonyl (C=O) groups excluding carboxylic acids is 1. The number of hydrazone groups is 1. The third kappa shape index (κ3) is 2.43. The van der Waals surface area contributed by atoms with Gasteiger partial charge in [-0.25, -0.2) is 8.78 Å². The summed E-state index contributed by atoms with van der Waals surface area (Å²) in [6.45, 7) is 0.971. The van der Waals surface area contributed by atoms with E-state index < -0.39 is 39.7 Å². The summed E-state index contributed by atoms with van der Waals surface area (Å²) in [6, 6.07) is 2.11. The minimum absolute atomic E-state index is 0.0170. The predicted octanol–water partition coefficient (Wildman–Crippen LogP) is 2.54. The number of amides is 1. The Hall–Kier alpha value is -2.10. The van der Waals surface area contributed by atoms with E-state index in [9.17, 15) is 26.7 Å². The maximum atomic E-state index is 13.8. The Bertz CT molecular complexity index is 675. The lowest BCUT2D eigenvalue weighted by molar-refractivity contribution is -0.108. The molecule has 0 fully saturated rings. The second kappa shape index (κ2) is 5.27. The van der Waals surface area contributed by atoms with Crippen molar-refractivity contribution >= 4 is 35.0 Å². The van der Waals surface area contributed by atoms with Crippen LogP contribution in [0.1, 0.15) is 6.92 Å². The van der Waals surface area contributed by atoms with E-state index in [0.29, 0.717) is 11.0 Å². The first-order chi connectivity index (χ1) is 10.1. The highest BCUT2D eigenvalue weighted by Crippen LogP contribution is 2.36. The summed E-state index contributed by atoms with van der Waals surface area (Å²) in [5.74, 6) is -2.14. The molecule has 4 nitrogen and oxygen atoms in total. The predicted molar refractivity (Wildman–Crippen MR) is 72.5 cm³/mol. The van der Waals surface area contributed by atoms with Crippen LogP contribution < -0.4 is 10.3 Å². The van der Waals surface area contributed by atoms with Gasteiger partial charge in [-0.15, -0.1) is 0 Å². The van der Waals surface area contributed by atoms with Crippen LogP contribution in [0.5, 0.6) is 0 Å². The fourth-order valence-electron chi connectivity index (χ4n) is 2.07. The zero-order valence-corrected chi connectivity index (χ0v) is 11.7. The molecule has 1 atom stereocenters. The van der Waals surface area contributed by atoms with Gasteiger partial charge in [0.2, 0.25) is 6.41 Å². The van der Waals surface area contributed by atoms with E-state index in [1.54, 1.807) is 0 Å². The zero-order valence-electron chi connectivity index (χ0n) is 10.9. The summed E-state index contributed by atoms with van der Waals surface area (Å²) in [7, 11) is 0. The summed E-state index contributed by atoms with van der Waals surface area (Å²) in [4.78, 5) is 11.3. The van der Waals surface area contributed by atoms with Gasteiger partial charge < -0.3 is 0 Å². The summed E-state index contributed by atoms with van der Waals surface area (Å²) >= 11 is 4.79. The Balaban J connectivity index is 2.60. The minimum atomic E-state index is -4.90. The molecule has 118 valence electrons. The topological polar surface area (TPSA) is 44.7 Å². The summed E-state index contributed by atoms with van der Waals surface area (Å²) in [6.07, 6.45) is -4.92. The lowest BCUT2D eigenvalue weighted by Gasteiger charge is -2.36. The molecule has 1 aliphatic heterocycles. The molecule has 0 saturated heterocycles. The van der Waals surface area contributed by atoms with Gasteiger partial charge in [0.15, 0.2) is 5.71 Å². The Labute approximate surface area is 126 Å². The number of benzene rings is 1. The molecule has 0 spiro atoms. The zero-order chi connectivity index (χ0) is 16.7. The molecule has 0 aliphatic carbocycles. The number of hydrogen-bond donors (Lipinski definition) is 1. The molecule has 0 saturated carbocycles. The summed E-state index contributed by atoms with van der Waals surface area (Å²) in [5.41, 5.74) is -2.21. The van der Waals surface area contributed by atoms with Crippen LogP contribution >= 0.6 is 12.2 Å². The fourth-order valence-corrected chi connectivity index (χ4v) is 2.32. The van der Waals surface area contributed by atoms with Crippen molar-refractivity contribution in [2.45, 2.75) is 18.6 Å². The third-order valence-corrected chi connectivity index (χ3v) is 3.69. The molecule has 1 unspecified atom stereocenters. The number of hydrogen-bond acceptors (Lipinski definition) is 3. The van der Waals surface area contributed by atoms with Crippen molar-refractivity contribution in [3.63, 3.8) is 0 Å². The van der Waals surface area contributed by atoms with E-state index in [4.69, 9.17) is 12.2 Å². The molecule has 1 heterocycles. The fraction of sp³-hybridized carbons (Fsp3) is 0.250. The van der Waals surface area contributed by atoms with Crippen molar-refractivity contribution in [1.82, 2.24) is 5.43 Å². The van der Waals surface area contributed by atoms with Crippen LogP contribution in [0.2, 0.25) is 0 Å². The Kier molecular flexibility index (Phi) is 3.90. The molecule has 1 N–H and O–H groups in total. The number of thiocarbonyl (C=S) groups is 1. The lowest BCUT2D eigenvalue weighted by atomic mass is 9.93. The van der Waals surface area contributed by atoms with Gasteiger partial charge in [-0.05, 0) is 19.1 Å². The highest BCUT2D eigenvalue weighted by atomic mass is 32.1. The summed E-state index contributed by atoms with van der Waals surface area (Å²) in [5, 5.41) is 3.09. The first-order valence-electron chi connectivity index (χ1n) is 5.78. The first kappa shape index (κ1) is 16.3. The number of alkyl halides is 3. The second-order valence-corrected chi connectivity index (χ2v) is 4.95. The third-order valence-electron chi connectivity index (χ3n) is 3.20. The van der Waals surface area contributed by atoms with Gasteiger partial charge >= 0.3 is 6.18 Å². The van der Waals surface area contributed by atoms with Crippen molar-refractivity contribution in [3.05, 3.63) is 29.8 Å². The minimum Gasteiger partial charge on any atom is -0.294 e. The van der Waals surface area contributed by atoms with E-state index >= 15 is 0 Å². The molecule has 22 heavy (non-hydrogen) atoms. The average molecular weight is 337 g/mol. The molecular formula is C12H8F5N3OS. The molecule has 1 aliphatic rings. The number of nitrogens with one attached hydrogen (secondary N) is 1. The lowest BCUT2D eigenvalue weighted by Crippen LogP contribution is -2.60. The molecule has 1 aromatic carbocycles. The maximum Gasteiger partial charge on any atom is 0.433 e. The highest BCUT2D eigenvalue weighted by molar-refractivity contribution is 7.80. The van der Waals surface area contributed by atoms with Crippen LogP contribution in [0.3, 0.4) is 0 Å². The number of nitrogens with zero attached hydrogens (tertiary/aromatic N) is 2. The smallest absolute Gasteiger partial charge is 0.294 e. The van der Waals surface area contributed by atoms with E-state index in [1.165, 1.54) is 0 Å². The van der Waals surface area contributed by atoms with Crippen LogP contribution in [0, 0.1) is 11.6 Å². The van der Waals surface area contributed by atoms with Gasteiger partial charge in [-0.2, -0.15) is 18.3 Å². The quantitative estimate of drug-likeness (QED) is 0.524. The van der Waals surface area contributed by atoms with Gasteiger partial charge in [-0.3, -0.25) is 15.1 Å². The van der Waals surface area contributed by atoms with Gasteiger partial charge in [0.1, 0.15) is 22.2 Å². The molecule has 0 bridgehead atoms. The normalized spacial score (nSPS) is 21.4. The van der Waals surface area contributed by atoms with Crippen LogP contribution in [-0.2, 0) is 4.79 Å². The van der Waals surface area contributed by atoms with Crippen LogP contribution in [-0.4, -0.2) is 28.8 Å². The van der Waals surface area contributed by atoms with Crippen molar-refractivity contribution < 1.29 is 26.7 Å². The number of halogens is 5. The molecule has 0 aromatic heterocycles. The first-order valence-corrected chi connectivity index (χ1v) is 6.18. The largest absolute Gasteiger partial charge is 0.433 e. The molecule has 1 amide bonds. The molecule has 2 rings (SSSR count). The van der Waals surface area contributed by atoms with Crippen molar-refractivity contribution in [2.75, 3.05) is 4.90 Å². The summed E-state index contributed by atoms with van der Waals surface area (Å²) < 4.78 is 66.0. The highest BCUT2D eigenvalue weighted by Gasteiger charge is 2.57. The van der Waals surface area contributed by atoms with Crippen LogP contribution in [0.4, 0.5) is 27.6 Å². The Morgan fingerprint density at radius 3 is 2.50 bits per heavy atom. The van der Waals surface area contributed by atoms with Crippen LogP contribution in [0.15, 0.2) is 23.3 Å². The molecule has 10 heteroatoms. The van der Waals surface area contributed by atoms with Crippen molar-refractivity contribution in [3.8, 4) is 0 Å². The SMILES string of the molecule is CC1(N(C=O)c2ccc(F)cc2F)C(=S)NN=C1C(F)(F)F. The van der Waals surface area contributed by atoms with Gasteiger partial charge in [-0.1, -0.05) is 12.2 Å². The average Bonchev–Trinajstić information content (AvgIpc) is 2.70. The van der Waals surface area contributed by atoms with E-state index in [0.717, 1.165) is 19.1 Å². The van der Waals surface area contributed by atoms with Crippen LogP contribution in [0.25, 0.3) is 0 Å². The molecular weight excluding hydrogens is 329 g/mol.